The van der Waals surface area contributed by atoms with Crippen LogP contribution in [0, 0.1) is 0 Å². The lowest BCUT2D eigenvalue weighted by atomic mass is 10.2. The van der Waals surface area contributed by atoms with Crippen molar-refractivity contribution in [3.05, 3.63) is 83.4 Å². The Morgan fingerprint density at radius 3 is 1.39 bits per heavy atom. The Morgan fingerprint density at radius 2 is 1.05 bits per heavy atom. The van der Waals surface area contributed by atoms with Crippen LogP contribution in [0.4, 0.5) is 26.3 Å². The third-order valence-electron chi connectivity index (χ3n) is 5.48. The van der Waals surface area contributed by atoms with Crippen LogP contribution in [0.15, 0.2) is 60.9 Å². The first kappa shape index (κ1) is 34.4. The molecule has 0 aliphatic rings. The predicted octanol–water partition coefficient (Wildman–Crippen LogP) is 6.61. The number of ether oxygens (including phenoxy) is 4. The average Bonchev–Trinajstić information content (AvgIpc) is 2.97. The van der Waals surface area contributed by atoms with Gasteiger partial charge in [-0.15, -0.1) is 37.9 Å². The number of benzene rings is 2. The van der Waals surface area contributed by atoms with Gasteiger partial charge in [0.25, 0.3) is 0 Å². The van der Waals surface area contributed by atoms with Gasteiger partial charge >= 0.3 is 12.7 Å². The number of rotatable bonds is 10. The Bertz CT molecular complexity index is 1380. The summed E-state index contributed by atoms with van der Waals surface area (Å²) in [5, 5.41) is 9.19. The number of alkyl halides is 7. The van der Waals surface area contributed by atoms with Gasteiger partial charge < -0.3 is 24.1 Å². The van der Waals surface area contributed by atoms with Crippen LogP contribution in [0.25, 0.3) is 22.8 Å². The van der Waals surface area contributed by atoms with Gasteiger partial charge in [-0.2, -0.15) is 0 Å². The van der Waals surface area contributed by atoms with Crippen molar-refractivity contribution < 1.29 is 50.4 Å². The molecular weight excluding hydrogens is 622 g/mol. The second-order valence-electron chi connectivity index (χ2n) is 8.63. The number of methoxy groups -OCH3 is 2. The molecule has 0 aliphatic carbocycles. The van der Waals surface area contributed by atoms with Crippen molar-refractivity contribution in [2.45, 2.75) is 38.4 Å². The summed E-state index contributed by atoms with van der Waals surface area (Å²) in [5.74, 6) is 0.325. The highest BCUT2D eigenvalue weighted by atomic mass is 35.5. The quantitative estimate of drug-likeness (QED) is 0.150. The molecule has 4 rings (SSSR count). The van der Waals surface area contributed by atoms with Gasteiger partial charge in [-0.3, -0.25) is 0 Å². The van der Waals surface area contributed by atoms with Crippen LogP contribution in [0.1, 0.15) is 22.5 Å². The highest BCUT2D eigenvalue weighted by Crippen LogP contribution is 2.27. The van der Waals surface area contributed by atoms with Gasteiger partial charge in [0, 0.05) is 48.9 Å². The molecule has 0 spiro atoms. The van der Waals surface area contributed by atoms with Crippen molar-refractivity contribution in [2.75, 3.05) is 14.2 Å². The maximum absolute atomic E-state index is 12.1. The first-order valence-electron chi connectivity index (χ1n) is 12.4. The molecule has 1 N–H and O–H groups in total. The minimum atomic E-state index is -4.73. The second-order valence-corrected chi connectivity index (χ2v) is 8.90. The van der Waals surface area contributed by atoms with E-state index < -0.39 is 12.7 Å². The molecule has 9 nitrogen and oxygen atoms in total. The minimum Gasteiger partial charge on any atom is -0.406 e. The van der Waals surface area contributed by atoms with E-state index >= 15 is 0 Å². The lowest BCUT2D eigenvalue weighted by molar-refractivity contribution is -0.275. The molecule has 44 heavy (non-hydrogen) atoms. The van der Waals surface area contributed by atoms with Gasteiger partial charge in [0.2, 0.25) is 0 Å². The molecule has 2 aromatic heterocycles. The van der Waals surface area contributed by atoms with E-state index in [1.807, 2.05) is 0 Å². The normalized spacial score (nSPS) is 11.5. The Labute approximate surface area is 252 Å². The van der Waals surface area contributed by atoms with Crippen molar-refractivity contribution in [3.8, 4) is 34.3 Å². The third kappa shape index (κ3) is 10.6. The summed E-state index contributed by atoms with van der Waals surface area (Å²) in [6.45, 7) is 0.241. The van der Waals surface area contributed by atoms with Crippen LogP contribution in [0.5, 0.6) is 11.5 Å². The Morgan fingerprint density at radius 1 is 0.659 bits per heavy atom. The maximum atomic E-state index is 12.1. The predicted molar refractivity (Wildman–Crippen MR) is 145 cm³/mol. The monoisotopic (exact) mass is 646 g/mol. The molecule has 0 unspecified atom stereocenters. The number of nitrogens with zero attached hydrogens (tertiary/aromatic N) is 4. The summed E-state index contributed by atoms with van der Waals surface area (Å²) >= 11 is 5.79. The lowest BCUT2D eigenvalue weighted by Crippen LogP contribution is -2.17. The third-order valence-corrected chi connectivity index (χ3v) is 5.76. The maximum Gasteiger partial charge on any atom is 0.573 e. The topological polar surface area (TPSA) is 109 Å². The number of hydrogen-bond acceptors (Lipinski definition) is 9. The van der Waals surface area contributed by atoms with Crippen molar-refractivity contribution in [1.82, 2.24) is 19.9 Å². The zero-order valence-corrected chi connectivity index (χ0v) is 23.9. The summed E-state index contributed by atoms with van der Waals surface area (Å²) in [4.78, 5) is 16.8. The van der Waals surface area contributed by atoms with Crippen LogP contribution in [-0.2, 0) is 35.2 Å². The minimum absolute atomic E-state index is 0.195. The molecule has 4 aromatic rings. The summed E-state index contributed by atoms with van der Waals surface area (Å²) in [6, 6.07) is 10.5. The molecule has 0 amide bonds. The van der Waals surface area contributed by atoms with Gasteiger partial charge in [-0.1, -0.05) is 0 Å². The fourth-order valence-electron chi connectivity index (χ4n) is 3.54. The SMILES string of the molecule is COCc1nc(-c2ccc(OC(F)(F)F)cc2)ncc1CCl.COCc1nc(-c2ccc(OC(F)(F)F)cc2)ncc1CO. The zero-order valence-electron chi connectivity index (χ0n) is 23.1. The van der Waals surface area contributed by atoms with E-state index in [1.54, 1.807) is 6.20 Å². The standard InChI is InChI=1S/C14H12ClF3N2O2.C14H13F3N2O3/c1-21-8-12-10(6-15)7-19-13(20-12)9-2-4-11(5-3-9)22-14(16,17)18;1-21-8-12-10(7-20)6-18-13(19-12)9-2-4-11(5-3-9)22-14(15,16)17/h2-5,7H,6,8H2,1H3;2-6,20H,7-8H2,1H3. The van der Waals surface area contributed by atoms with Gasteiger partial charge in [0.15, 0.2) is 11.6 Å². The zero-order chi connectivity index (χ0) is 32.3. The molecule has 0 aliphatic heterocycles. The van der Waals surface area contributed by atoms with E-state index in [-0.39, 0.29) is 37.2 Å². The van der Waals surface area contributed by atoms with E-state index in [2.05, 4.69) is 29.4 Å². The summed E-state index contributed by atoms with van der Waals surface area (Å²) < 4.78 is 90.3. The number of aromatic nitrogens is 4. The van der Waals surface area contributed by atoms with E-state index in [0.29, 0.717) is 39.7 Å². The molecule has 0 bridgehead atoms. The Balaban J connectivity index is 0.000000240. The van der Waals surface area contributed by atoms with Crippen LogP contribution in [-0.4, -0.2) is 52.0 Å². The Kier molecular flexibility index (Phi) is 12.2. The fourth-order valence-corrected chi connectivity index (χ4v) is 3.76. The van der Waals surface area contributed by atoms with E-state index in [1.165, 1.54) is 68.9 Å². The number of hydrogen-bond donors (Lipinski definition) is 1. The number of halogens is 7. The lowest BCUT2D eigenvalue weighted by Gasteiger charge is -2.10. The van der Waals surface area contributed by atoms with Crippen molar-refractivity contribution in [1.29, 1.82) is 0 Å². The molecule has 0 saturated heterocycles. The van der Waals surface area contributed by atoms with Gasteiger partial charge in [-0.25, -0.2) is 19.9 Å². The molecule has 236 valence electrons. The number of aliphatic hydroxyl groups excluding tert-OH is 1. The smallest absolute Gasteiger partial charge is 0.406 e. The summed E-state index contributed by atoms with van der Waals surface area (Å²) in [7, 11) is 3.02. The van der Waals surface area contributed by atoms with E-state index in [9.17, 15) is 31.4 Å². The van der Waals surface area contributed by atoms with E-state index in [0.717, 1.165) is 5.56 Å². The van der Waals surface area contributed by atoms with Crippen LogP contribution >= 0.6 is 11.6 Å². The van der Waals surface area contributed by atoms with Crippen LogP contribution in [0.2, 0.25) is 0 Å². The van der Waals surface area contributed by atoms with Crippen LogP contribution in [0.3, 0.4) is 0 Å². The van der Waals surface area contributed by atoms with Gasteiger partial charge in [0.05, 0.1) is 37.1 Å². The second kappa shape index (κ2) is 15.6. The van der Waals surface area contributed by atoms with Crippen LogP contribution < -0.4 is 9.47 Å². The fraction of sp³-hybridized carbons (Fsp3) is 0.286. The molecule has 0 saturated carbocycles. The number of aliphatic hydroxyl groups is 1. The highest BCUT2D eigenvalue weighted by Gasteiger charge is 2.31. The molecule has 0 fully saturated rings. The molecular formula is C28H25ClF6N4O5. The first-order chi connectivity index (χ1) is 20.9. The van der Waals surface area contributed by atoms with E-state index in [4.69, 9.17) is 21.1 Å². The molecule has 16 heteroatoms. The van der Waals surface area contributed by atoms with Gasteiger partial charge in [-0.05, 0) is 48.5 Å². The largest absolute Gasteiger partial charge is 0.573 e. The van der Waals surface area contributed by atoms with Gasteiger partial charge in [0.1, 0.15) is 11.5 Å². The first-order valence-corrected chi connectivity index (χ1v) is 13.0. The highest BCUT2D eigenvalue weighted by molar-refractivity contribution is 6.17. The molecule has 2 aromatic carbocycles. The molecule has 0 radical (unpaired) electrons. The van der Waals surface area contributed by atoms with Crippen molar-refractivity contribution in [2.24, 2.45) is 0 Å². The summed E-state index contributed by atoms with van der Waals surface area (Å²) in [5.41, 5.74) is 3.51. The average molecular weight is 647 g/mol. The molecule has 0 atom stereocenters. The summed E-state index contributed by atoms with van der Waals surface area (Å²) in [6.07, 6.45) is -6.42. The Hall–Kier alpha value is -4.05. The van der Waals surface area contributed by atoms with Crippen molar-refractivity contribution >= 4 is 11.6 Å². The molecule has 2 heterocycles. The van der Waals surface area contributed by atoms with Crippen molar-refractivity contribution in [3.63, 3.8) is 0 Å².